The summed E-state index contributed by atoms with van der Waals surface area (Å²) in [5.74, 6) is 0.142. The van der Waals surface area contributed by atoms with Crippen molar-refractivity contribution in [2.45, 2.75) is 46.5 Å². The molecular weight excluding hydrogens is 560 g/mol. The van der Waals surface area contributed by atoms with Crippen LogP contribution in [0.3, 0.4) is 0 Å². The van der Waals surface area contributed by atoms with E-state index < -0.39 is 5.41 Å². The van der Waals surface area contributed by atoms with Crippen molar-refractivity contribution < 1.29 is 19.0 Å². The van der Waals surface area contributed by atoms with Crippen LogP contribution in [0, 0.1) is 20.8 Å². The van der Waals surface area contributed by atoms with Crippen molar-refractivity contribution >= 4 is 5.97 Å². The van der Waals surface area contributed by atoms with Crippen molar-refractivity contribution in [2.75, 3.05) is 46.7 Å². The number of esters is 1. The molecule has 0 unspecified atom stereocenters. The van der Waals surface area contributed by atoms with Crippen molar-refractivity contribution in [3.63, 3.8) is 0 Å². The number of carbonyl (C=O) groups excluding carboxylic acids is 1. The third-order valence-corrected chi connectivity index (χ3v) is 8.71. The third kappa shape index (κ3) is 6.41. The molecule has 0 fully saturated rings. The second-order valence-electron chi connectivity index (χ2n) is 11.8. The van der Waals surface area contributed by atoms with E-state index in [1.165, 1.54) is 44.5 Å². The molecule has 0 heterocycles. The van der Waals surface area contributed by atoms with Gasteiger partial charge in [0.2, 0.25) is 0 Å². The maximum Gasteiger partial charge on any atom is 0.341 e. The summed E-state index contributed by atoms with van der Waals surface area (Å²) >= 11 is 0. The van der Waals surface area contributed by atoms with Crippen LogP contribution in [0.5, 0.6) is 5.75 Å². The molecular formula is C39H46N2O4. The second kappa shape index (κ2) is 14.4. The lowest BCUT2D eigenvalue weighted by molar-refractivity contribution is 0.0521. The van der Waals surface area contributed by atoms with Crippen LogP contribution in [0.4, 0.5) is 0 Å². The molecule has 0 spiro atoms. The van der Waals surface area contributed by atoms with Crippen LogP contribution in [0.25, 0.3) is 11.1 Å². The number of aryl methyl sites for hydroxylation is 3. The van der Waals surface area contributed by atoms with E-state index >= 15 is 0 Å². The highest BCUT2D eigenvalue weighted by molar-refractivity contribution is 5.94. The highest BCUT2D eigenvalue weighted by Gasteiger charge is 2.47. The van der Waals surface area contributed by atoms with E-state index in [1.54, 1.807) is 0 Å². The van der Waals surface area contributed by atoms with Crippen molar-refractivity contribution in [3.05, 3.63) is 123 Å². The number of fused-ring (bicyclic) bond motifs is 3. The van der Waals surface area contributed by atoms with Crippen LogP contribution in [0.2, 0.25) is 0 Å². The summed E-state index contributed by atoms with van der Waals surface area (Å²) < 4.78 is 17.5. The molecule has 0 amide bonds. The molecule has 0 aromatic heterocycles. The molecule has 0 atom stereocenters. The standard InChI is InChI=1S/C39H46N2O4/c1-7-41-25-43-19-17-29-11-12-30(23-28(29)5)39(31-13-16-37(45-20-18-40-6)34(24-31)38(42)44-8-2)35-21-26(3)9-14-32(35)33-15-10-27(4)22-36(33)39/h9-16,21-24,40-41H,7-8,17-20,25H2,1-6H3. The first-order valence-corrected chi connectivity index (χ1v) is 16.0. The van der Waals surface area contributed by atoms with Gasteiger partial charge in [0.05, 0.1) is 25.4 Å². The van der Waals surface area contributed by atoms with Gasteiger partial charge in [0.25, 0.3) is 0 Å². The van der Waals surface area contributed by atoms with Crippen molar-refractivity contribution in [3.8, 4) is 16.9 Å². The fourth-order valence-electron chi connectivity index (χ4n) is 6.50. The lowest BCUT2D eigenvalue weighted by atomic mass is 9.66. The number of likely N-dealkylation sites (N-methyl/N-ethyl adjacent to an activating group) is 1. The Balaban J connectivity index is 1.74. The van der Waals surface area contributed by atoms with E-state index in [9.17, 15) is 4.79 Å². The van der Waals surface area contributed by atoms with Crippen LogP contribution in [0.15, 0.2) is 72.8 Å². The van der Waals surface area contributed by atoms with E-state index in [1.807, 2.05) is 26.1 Å². The minimum absolute atomic E-state index is 0.285. The lowest BCUT2D eigenvalue weighted by Gasteiger charge is -2.35. The van der Waals surface area contributed by atoms with Gasteiger partial charge in [0.1, 0.15) is 17.9 Å². The zero-order chi connectivity index (χ0) is 32.0. The monoisotopic (exact) mass is 606 g/mol. The SMILES string of the molecule is CCNCOCCc1ccc(C2(c3ccc(OCCNC)c(C(=O)OCC)c3)c3cc(C)ccc3-c3ccc(C)cc32)cc1C. The molecule has 0 radical (unpaired) electrons. The average molecular weight is 607 g/mol. The normalized spacial score (nSPS) is 12.9. The van der Waals surface area contributed by atoms with Crippen molar-refractivity contribution in [1.29, 1.82) is 0 Å². The molecule has 6 nitrogen and oxygen atoms in total. The number of rotatable bonds is 14. The van der Waals surface area contributed by atoms with Crippen LogP contribution in [-0.4, -0.2) is 52.7 Å². The zero-order valence-corrected chi connectivity index (χ0v) is 27.5. The van der Waals surface area contributed by atoms with E-state index in [0.29, 0.717) is 37.8 Å². The Morgan fingerprint density at radius 3 is 2.09 bits per heavy atom. The maximum atomic E-state index is 13.4. The number of ether oxygens (including phenoxy) is 3. The Morgan fingerprint density at radius 2 is 1.47 bits per heavy atom. The summed E-state index contributed by atoms with van der Waals surface area (Å²) in [6, 6.07) is 26.4. The van der Waals surface area contributed by atoms with E-state index in [4.69, 9.17) is 14.2 Å². The number of hydrogen-bond acceptors (Lipinski definition) is 6. The van der Waals surface area contributed by atoms with Crippen LogP contribution < -0.4 is 15.4 Å². The predicted molar refractivity (Wildman–Crippen MR) is 182 cm³/mol. The predicted octanol–water partition coefficient (Wildman–Crippen LogP) is 6.88. The molecule has 0 aliphatic heterocycles. The lowest BCUT2D eigenvalue weighted by Crippen LogP contribution is -2.29. The Kier molecular flexibility index (Phi) is 10.4. The molecule has 1 aliphatic carbocycles. The summed E-state index contributed by atoms with van der Waals surface area (Å²) in [5.41, 5.74) is 11.6. The molecule has 4 aromatic carbocycles. The van der Waals surface area contributed by atoms with Gasteiger partial charge in [0.15, 0.2) is 0 Å². The number of hydrogen-bond donors (Lipinski definition) is 2. The van der Waals surface area contributed by atoms with Crippen LogP contribution in [0.1, 0.15) is 68.7 Å². The smallest absolute Gasteiger partial charge is 0.341 e. The topological polar surface area (TPSA) is 68.8 Å². The van der Waals surface area contributed by atoms with Gasteiger partial charge in [-0.3, -0.25) is 5.32 Å². The fraction of sp³-hybridized carbons (Fsp3) is 0.359. The molecule has 6 heteroatoms. The van der Waals surface area contributed by atoms with Crippen molar-refractivity contribution in [1.82, 2.24) is 10.6 Å². The average Bonchev–Trinajstić information content (AvgIpc) is 3.31. The van der Waals surface area contributed by atoms with Crippen LogP contribution >= 0.6 is 0 Å². The zero-order valence-electron chi connectivity index (χ0n) is 27.5. The van der Waals surface area contributed by atoms with Gasteiger partial charge in [-0.05, 0) is 104 Å². The first-order chi connectivity index (χ1) is 21.8. The Bertz CT molecular complexity index is 1610. The number of nitrogens with one attached hydrogen (secondary N) is 2. The molecule has 5 rings (SSSR count). The first-order valence-electron chi connectivity index (χ1n) is 16.0. The molecule has 45 heavy (non-hydrogen) atoms. The summed E-state index contributed by atoms with van der Waals surface area (Å²) in [4.78, 5) is 13.4. The Morgan fingerprint density at radius 1 is 0.800 bits per heavy atom. The van der Waals surface area contributed by atoms with Gasteiger partial charge in [-0.25, -0.2) is 4.79 Å². The van der Waals surface area contributed by atoms with Gasteiger partial charge in [0, 0.05) is 6.54 Å². The second-order valence-corrected chi connectivity index (χ2v) is 11.8. The summed E-state index contributed by atoms with van der Waals surface area (Å²) in [7, 11) is 1.88. The summed E-state index contributed by atoms with van der Waals surface area (Å²) in [5, 5.41) is 6.32. The Hall–Kier alpha value is -3.97. The van der Waals surface area contributed by atoms with Gasteiger partial charge in [-0.15, -0.1) is 0 Å². The largest absolute Gasteiger partial charge is 0.491 e. The maximum absolute atomic E-state index is 13.4. The summed E-state index contributed by atoms with van der Waals surface area (Å²) in [6.07, 6.45) is 0.835. The summed E-state index contributed by atoms with van der Waals surface area (Å²) in [6.45, 7) is 13.9. The molecule has 236 valence electrons. The minimum atomic E-state index is -0.654. The minimum Gasteiger partial charge on any atom is -0.491 e. The van der Waals surface area contributed by atoms with Crippen LogP contribution in [-0.2, 0) is 21.3 Å². The van der Waals surface area contributed by atoms with Gasteiger partial charge in [-0.2, -0.15) is 0 Å². The van der Waals surface area contributed by atoms with E-state index in [2.05, 4.69) is 99.0 Å². The van der Waals surface area contributed by atoms with Crippen molar-refractivity contribution in [2.24, 2.45) is 0 Å². The molecule has 4 aromatic rings. The molecule has 0 saturated heterocycles. The van der Waals surface area contributed by atoms with Gasteiger partial charge >= 0.3 is 5.97 Å². The third-order valence-electron chi connectivity index (χ3n) is 8.71. The number of benzene rings is 4. The molecule has 2 N–H and O–H groups in total. The molecule has 0 saturated carbocycles. The molecule has 0 bridgehead atoms. The highest BCUT2D eigenvalue weighted by atomic mass is 16.5. The molecule has 1 aliphatic rings. The quantitative estimate of drug-likeness (QED) is 0.0817. The van der Waals surface area contributed by atoms with E-state index in [0.717, 1.165) is 24.1 Å². The first kappa shape index (κ1) is 32.4. The van der Waals surface area contributed by atoms with Gasteiger partial charge in [-0.1, -0.05) is 78.7 Å². The Labute approximate surface area is 268 Å². The van der Waals surface area contributed by atoms with Gasteiger partial charge < -0.3 is 19.5 Å². The highest BCUT2D eigenvalue weighted by Crippen LogP contribution is 2.57. The fourth-order valence-corrected chi connectivity index (χ4v) is 6.50. The van der Waals surface area contributed by atoms with E-state index in [-0.39, 0.29) is 12.6 Å². The number of carbonyl (C=O) groups is 1.